The van der Waals surface area contributed by atoms with Crippen molar-refractivity contribution in [1.82, 2.24) is 0 Å². The lowest BCUT2D eigenvalue weighted by Gasteiger charge is -2.03. The van der Waals surface area contributed by atoms with Crippen molar-refractivity contribution in [2.45, 2.75) is 6.92 Å². The summed E-state index contributed by atoms with van der Waals surface area (Å²) in [5.41, 5.74) is 7.27. The fourth-order valence-corrected chi connectivity index (χ4v) is 1.86. The van der Waals surface area contributed by atoms with Crippen LogP contribution in [0.4, 0.5) is 5.69 Å². The van der Waals surface area contributed by atoms with Gasteiger partial charge in [0.15, 0.2) is 0 Å². The zero-order valence-corrected chi connectivity index (χ0v) is 9.56. The molecule has 1 aromatic rings. The lowest BCUT2D eigenvalue weighted by molar-refractivity contribution is 1.14. The number of hydrogen-bond donors (Lipinski definition) is 1. The Labute approximate surface area is 90.9 Å². The highest BCUT2D eigenvalue weighted by Crippen LogP contribution is 2.25. The lowest BCUT2D eigenvalue weighted by Crippen LogP contribution is -1.94. The average Bonchev–Trinajstić information content (AvgIpc) is 2.02. The molecule has 0 fully saturated rings. The van der Waals surface area contributed by atoms with Crippen molar-refractivity contribution in [3.05, 3.63) is 27.2 Å². The first-order valence-corrected chi connectivity index (χ1v) is 5.06. The smallest absolute Gasteiger partial charge is 0.0438 e. The molecule has 0 aliphatic carbocycles. The minimum Gasteiger partial charge on any atom is -0.398 e. The van der Waals surface area contributed by atoms with Gasteiger partial charge in [-0.3, -0.25) is 4.99 Å². The molecule has 0 aliphatic heterocycles. The van der Waals surface area contributed by atoms with Gasteiger partial charge in [-0.05, 0) is 35.0 Å². The molecule has 0 radical (unpaired) electrons. The first-order valence-electron chi connectivity index (χ1n) is 3.89. The molecule has 1 aromatic carbocycles. The minimum absolute atomic E-state index is 0.623. The fraction of sp³-hybridized carbons (Fsp3) is 0.222. The first-order chi connectivity index (χ1) is 6.15. The van der Waals surface area contributed by atoms with Gasteiger partial charge in [0.1, 0.15) is 0 Å². The molecule has 0 unspecified atom stereocenters. The van der Waals surface area contributed by atoms with Gasteiger partial charge in [0.2, 0.25) is 0 Å². The van der Waals surface area contributed by atoms with Crippen LogP contribution in [0, 0.1) is 0 Å². The molecular weight excluding hydrogens is 251 g/mol. The Morgan fingerprint density at radius 2 is 2.31 bits per heavy atom. The number of aliphatic imine (C=N–C) groups is 1. The van der Waals surface area contributed by atoms with Crippen molar-refractivity contribution in [2.75, 3.05) is 12.3 Å². The van der Waals surface area contributed by atoms with Crippen LogP contribution in [0.15, 0.2) is 21.6 Å². The van der Waals surface area contributed by atoms with Crippen LogP contribution in [0.1, 0.15) is 12.5 Å². The van der Waals surface area contributed by atoms with Crippen molar-refractivity contribution in [1.29, 1.82) is 0 Å². The maximum Gasteiger partial charge on any atom is 0.0438 e. The second-order valence-corrected chi connectivity index (χ2v) is 3.81. The van der Waals surface area contributed by atoms with E-state index >= 15 is 0 Å². The number of benzene rings is 1. The summed E-state index contributed by atoms with van der Waals surface area (Å²) >= 11 is 9.17. The predicted molar refractivity (Wildman–Crippen MR) is 61.7 cm³/mol. The van der Waals surface area contributed by atoms with E-state index in [0.29, 0.717) is 10.7 Å². The van der Waals surface area contributed by atoms with E-state index in [1.165, 1.54) is 0 Å². The average molecular weight is 262 g/mol. The number of halogens is 2. The van der Waals surface area contributed by atoms with E-state index in [1.807, 2.05) is 6.92 Å². The normalized spacial score (nSPS) is 11.0. The number of nitrogen functional groups attached to an aromatic ring is 1. The van der Waals surface area contributed by atoms with Crippen LogP contribution >= 0.6 is 27.5 Å². The van der Waals surface area contributed by atoms with E-state index in [2.05, 4.69) is 20.9 Å². The molecule has 0 spiro atoms. The Morgan fingerprint density at radius 1 is 1.62 bits per heavy atom. The molecule has 0 bridgehead atoms. The van der Waals surface area contributed by atoms with E-state index in [9.17, 15) is 0 Å². The quantitative estimate of drug-likeness (QED) is 0.645. The minimum atomic E-state index is 0.623. The van der Waals surface area contributed by atoms with Crippen molar-refractivity contribution < 1.29 is 0 Å². The molecule has 0 amide bonds. The van der Waals surface area contributed by atoms with Crippen molar-refractivity contribution in [2.24, 2.45) is 4.99 Å². The predicted octanol–water partition coefficient (Wildman–Crippen LogP) is 3.12. The molecule has 0 aliphatic rings. The molecule has 13 heavy (non-hydrogen) atoms. The molecule has 2 nitrogen and oxygen atoms in total. The van der Waals surface area contributed by atoms with Gasteiger partial charge in [0.05, 0.1) is 0 Å². The summed E-state index contributed by atoms with van der Waals surface area (Å²) in [7, 11) is 0. The molecule has 0 atom stereocenters. The van der Waals surface area contributed by atoms with Gasteiger partial charge in [-0.2, -0.15) is 0 Å². The maximum atomic E-state index is 5.80. The molecule has 70 valence electrons. The number of nitrogens with two attached hydrogens (primary N) is 1. The van der Waals surface area contributed by atoms with Crippen LogP contribution in [0.2, 0.25) is 5.02 Å². The lowest BCUT2D eigenvalue weighted by atomic mass is 10.2. The third-order valence-corrected chi connectivity index (χ3v) is 2.40. The topological polar surface area (TPSA) is 38.4 Å². The first kappa shape index (κ1) is 10.5. The molecule has 0 aromatic heterocycles. The highest BCUT2D eigenvalue weighted by molar-refractivity contribution is 9.10. The molecule has 0 heterocycles. The summed E-state index contributed by atoms with van der Waals surface area (Å²) in [6.07, 6.45) is 1.75. The van der Waals surface area contributed by atoms with Crippen molar-refractivity contribution in [3.8, 4) is 0 Å². The highest BCUT2D eigenvalue weighted by atomic mass is 79.9. The van der Waals surface area contributed by atoms with Crippen LogP contribution in [0.3, 0.4) is 0 Å². The summed E-state index contributed by atoms with van der Waals surface area (Å²) < 4.78 is 0.870. The van der Waals surface area contributed by atoms with Gasteiger partial charge in [0.25, 0.3) is 0 Å². The monoisotopic (exact) mass is 260 g/mol. The molecule has 2 N–H and O–H groups in total. The summed E-state index contributed by atoms with van der Waals surface area (Å²) in [6.45, 7) is 2.71. The Balaban J connectivity index is 3.13. The zero-order valence-electron chi connectivity index (χ0n) is 7.22. The number of hydrogen-bond acceptors (Lipinski definition) is 2. The standard InChI is InChI=1S/C9H10BrClN2/c1-2-13-5-7-8(10)3-6(11)4-9(7)12/h3-5H,2,12H2,1H3. The van der Waals surface area contributed by atoms with Crippen LogP contribution in [-0.4, -0.2) is 12.8 Å². The number of nitrogens with zero attached hydrogens (tertiary/aromatic N) is 1. The van der Waals surface area contributed by atoms with E-state index < -0.39 is 0 Å². The Hall–Kier alpha value is -0.540. The van der Waals surface area contributed by atoms with Gasteiger partial charge in [-0.1, -0.05) is 11.6 Å². The van der Waals surface area contributed by atoms with E-state index in [4.69, 9.17) is 17.3 Å². The third-order valence-electron chi connectivity index (χ3n) is 1.53. The largest absolute Gasteiger partial charge is 0.398 e. The highest BCUT2D eigenvalue weighted by Gasteiger charge is 2.03. The summed E-state index contributed by atoms with van der Waals surface area (Å²) in [5.74, 6) is 0. The Bertz CT molecular complexity index is 313. The van der Waals surface area contributed by atoms with Gasteiger partial charge in [0, 0.05) is 33.5 Å². The van der Waals surface area contributed by atoms with E-state index in [0.717, 1.165) is 16.6 Å². The molecule has 0 saturated carbocycles. The summed E-state index contributed by atoms with van der Waals surface area (Å²) in [6, 6.07) is 3.51. The van der Waals surface area contributed by atoms with Gasteiger partial charge in [-0.25, -0.2) is 0 Å². The van der Waals surface area contributed by atoms with Crippen LogP contribution < -0.4 is 5.73 Å². The van der Waals surface area contributed by atoms with Gasteiger partial charge >= 0.3 is 0 Å². The molecular formula is C9H10BrClN2. The number of anilines is 1. The van der Waals surface area contributed by atoms with Crippen LogP contribution in [0.5, 0.6) is 0 Å². The molecule has 0 saturated heterocycles. The fourth-order valence-electron chi connectivity index (χ4n) is 0.923. The van der Waals surface area contributed by atoms with E-state index in [-0.39, 0.29) is 0 Å². The third kappa shape index (κ3) is 2.71. The maximum absolute atomic E-state index is 5.80. The van der Waals surface area contributed by atoms with E-state index in [1.54, 1.807) is 18.3 Å². The van der Waals surface area contributed by atoms with Crippen molar-refractivity contribution in [3.63, 3.8) is 0 Å². The summed E-state index contributed by atoms with van der Waals surface area (Å²) in [5, 5.41) is 0.623. The van der Waals surface area contributed by atoms with Crippen molar-refractivity contribution >= 4 is 39.4 Å². The second kappa shape index (κ2) is 4.63. The molecule has 4 heteroatoms. The van der Waals surface area contributed by atoms with Gasteiger partial charge in [-0.15, -0.1) is 0 Å². The van der Waals surface area contributed by atoms with Gasteiger partial charge < -0.3 is 5.73 Å². The SMILES string of the molecule is CCN=Cc1c(N)cc(Cl)cc1Br. The Kier molecular flexibility index (Phi) is 3.75. The second-order valence-electron chi connectivity index (χ2n) is 2.52. The zero-order chi connectivity index (χ0) is 9.84. The van der Waals surface area contributed by atoms with Crippen LogP contribution in [-0.2, 0) is 0 Å². The molecule has 1 rings (SSSR count). The summed E-state index contributed by atoms with van der Waals surface area (Å²) in [4.78, 5) is 4.12. The number of rotatable bonds is 2. The van der Waals surface area contributed by atoms with Crippen LogP contribution in [0.25, 0.3) is 0 Å². The Morgan fingerprint density at radius 3 is 2.85 bits per heavy atom.